The monoisotopic (exact) mass is 398 g/mol. The molecule has 1 atom stereocenters. The molecule has 30 heavy (non-hydrogen) atoms. The van der Waals surface area contributed by atoms with Crippen LogP contribution in [0, 0.1) is 0 Å². The van der Waals surface area contributed by atoms with Gasteiger partial charge in [0.1, 0.15) is 0 Å². The van der Waals surface area contributed by atoms with Crippen molar-refractivity contribution in [2.75, 3.05) is 11.9 Å². The first-order valence-electron chi connectivity index (χ1n) is 9.72. The molecule has 150 valence electrons. The average Bonchev–Trinajstić information content (AvgIpc) is 3.19. The number of rotatable bonds is 5. The normalized spacial score (nSPS) is 11.8. The van der Waals surface area contributed by atoms with Gasteiger partial charge in [-0.3, -0.25) is 14.0 Å². The number of anilines is 1. The third kappa shape index (κ3) is 3.67. The van der Waals surface area contributed by atoms with E-state index in [1.165, 1.54) is 4.90 Å². The van der Waals surface area contributed by atoms with Crippen LogP contribution in [-0.4, -0.2) is 28.2 Å². The molecule has 4 aromatic rings. The fraction of sp³-hybridized carbons (Fsp3) is 0.125. The molecule has 1 unspecified atom stereocenters. The van der Waals surface area contributed by atoms with Crippen molar-refractivity contribution in [1.82, 2.24) is 14.7 Å². The molecular formula is C24H22N4O2. The van der Waals surface area contributed by atoms with E-state index in [-0.39, 0.29) is 29.4 Å². The Labute approximate surface area is 174 Å². The largest absolute Gasteiger partial charge is 0.344 e. The Morgan fingerprint density at radius 2 is 1.57 bits per heavy atom. The highest BCUT2D eigenvalue weighted by molar-refractivity contribution is 6.07. The molecule has 0 spiro atoms. The minimum atomic E-state index is -0.323. The number of carbonyl (C=O) groups excluding carboxylic acids is 2. The SMILES string of the molecule is CC(NC(=O)c1nc(C(=O)N(C)c2ccccc2)n2ccccc12)c1ccccc1. The third-order valence-electron chi connectivity index (χ3n) is 5.05. The predicted octanol–water partition coefficient (Wildman–Crippen LogP) is 4.10. The molecule has 0 saturated heterocycles. The summed E-state index contributed by atoms with van der Waals surface area (Å²) in [5, 5.41) is 2.98. The summed E-state index contributed by atoms with van der Waals surface area (Å²) in [6.07, 6.45) is 1.74. The molecule has 2 aromatic heterocycles. The zero-order valence-electron chi connectivity index (χ0n) is 16.8. The topological polar surface area (TPSA) is 66.7 Å². The number of nitrogens with zero attached hydrogens (tertiary/aromatic N) is 3. The van der Waals surface area contributed by atoms with Crippen LogP contribution in [0.4, 0.5) is 5.69 Å². The molecule has 0 aliphatic heterocycles. The number of hydrogen-bond donors (Lipinski definition) is 1. The molecule has 0 bridgehead atoms. The van der Waals surface area contributed by atoms with Crippen LogP contribution in [0.2, 0.25) is 0 Å². The highest BCUT2D eigenvalue weighted by Crippen LogP contribution is 2.19. The fourth-order valence-corrected chi connectivity index (χ4v) is 3.36. The number of benzene rings is 2. The lowest BCUT2D eigenvalue weighted by Crippen LogP contribution is -2.29. The molecule has 2 aromatic carbocycles. The second-order valence-corrected chi connectivity index (χ2v) is 7.05. The van der Waals surface area contributed by atoms with Crippen molar-refractivity contribution in [1.29, 1.82) is 0 Å². The average molecular weight is 398 g/mol. The highest BCUT2D eigenvalue weighted by atomic mass is 16.2. The number of nitrogens with one attached hydrogen (secondary N) is 1. The Morgan fingerprint density at radius 3 is 2.27 bits per heavy atom. The maximum absolute atomic E-state index is 13.1. The molecule has 6 nitrogen and oxygen atoms in total. The van der Waals surface area contributed by atoms with Gasteiger partial charge >= 0.3 is 0 Å². The summed E-state index contributed by atoms with van der Waals surface area (Å²) in [7, 11) is 1.69. The van der Waals surface area contributed by atoms with Crippen LogP contribution in [0.15, 0.2) is 85.1 Å². The van der Waals surface area contributed by atoms with Crippen molar-refractivity contribution in [3.05, 3.63) is 102 Å². The molecule has 0 fully saturated rings. The Bertz CT molecular complexity index is 1190. The lowest BCUT2D eigenvalue weighted by Gasteiger charge is -2.16. The van der Waals surface area contributed by atoms with Gasteiger partial charge in [0, 0.05) is 18.9 Å². The summed E-state index contributed by atoms with van der Waals surface area (Å²) in [4.78, 5) is 32.1. The Balaban J connectivity index is 1.67. The second-order valence-electron chi connectivity index (χ2n) is 7.05. The third-order valence-corrected chi connectivity index (χ3v) is 5.05. The van der Waals surface area contributed by atoms with Gasteiger partial charge in [0.15, 0.2) is 5.69 Å². The first-order valence-corrected chi connectivity index (χ1v) is 9.72. The van der Waals surface area contributed by atoms with E-state index in [9.17, 15) is 9.59 Å². The van der Waals surface area contributed by atoms with Gasteiger partial charge in [0.05, 0.1) is 11.6 Å². The van der Waals surface area contributed by atoms with E-state index in [1.807, 2.05) is 79.7 Å². The van der Waals surface area contributed by atoms with E-state index in [1.54, 1.807) is 23.7 Å². The number of carbonyl (C=O) groups is 2. The molecule has 0 aliphatic rings. The molecular weight excluding hydrogens is 376 g/mol. The first-order chi connectivity index (χ1) is 14.6. The summed E-state index contributed by atoms with van der Waals surface area (Å²) in [5.41, 5.74) is 2.55. The van der Waals surface area contributed by atoms with E-state index in [2.05, 4.69) is 10.3 Å². The van der Waals surface area contributed by atoms with Crippen LogP contribution >= 0.6 is 0 Å². The van der Waals surface area contributed by atoms with Crippen molar-refractivity contribution in [3.8, 4) is 0 Å². The zero-order valence-corrected chi connectivity index (χ0v) is 16.8. The lowest BCUT2D eigenvalue weighted by molar-refractivity contribution is 0.0937. The van der Waals surface area contributed by atoms with Crippen molar-refractivity contribution in [2.24, 2.45) is 0 Å². The maximum atomic E-state index is 13.1. The number of hydrogen-bond acceptors (Lipinski definition) is 3. The lowest BCUT2D eigenvalue weighted by atomic mass is 10.1. The van der Waals surface area contributed by atoms with Crippen molar-refractivity contribution >= 4 is 23.0 Å². The number of para-hydroxylation sites is 1. The standard InChI is InChI=1S/C24H22N4O2/c1-17(18-11-5-3-6-12-18)25-23(29)21-20-15-9-10-16-28(20)22(26-21)24(30)27(2)19-13-7-4-8-14-19/h3-17H,1-2H3,(H,25,29). The van der Waals surface area contributed by atoms with E-state index in [0.717, 1.165) is 11.3 Å². The van der Waals surface area contributed by atoms with Crippen LogP contribution < -0.4 is 10.2 Å². The van der Waals surface area contributed by atoms with Gasteiger partial charge in [0.25, 0.3) is 11.8 Å². The summed E-state index contributed by atoms with van der Waals surface area (Å²) >= 11 is 0. The number of pyridine rings is 1. The van der Waals surface area contributed by atoms with Gasteiger partial charge in [-0.2, -0.15) is 0 Å². The number of imidazole rings is 1. The number of amides is 2. The van der Waals surface area contributed by atoms with E-state index in [0.29, 0.717) is 5.52 Å². The highest BCUT2D eigenvalue weighted by Gasteiger charge is 2.25. The van der Waals surface area contributed by atoms with Gasteiger partial charge < -0.3 is 10.2 Å². The predicted molar refractivity (Wildman–Crippen MR) is 117 cm³/mol. The Hall–Kier alpha value is -3.93. The van der Waals surface area contributed by atoms with Crippen LogP contribution in [0.5, 0.6) is 0 Å². The van der Waals surface area contributed by atoms with Crippen LogP contribution in [0.1, 0.15) is 39.6 Å². The number of aromatic nitrogens is 2. The Morgan fingerprint density at radius 1 is 0.933 bits per heavy atom. The summed E-state index contributed by atoms with van der Waals surface area (Å²) < 4.78 is 1.66. The quantitative estimate of drug-likeness (QED) is 0.550. The van der Waals surface area contributed by atoms with Gasteiger partial charge in [-0.15, -0.1) is 0 Å². The molecule has 2 heterocycles. The summed E-state index contributed by atoms with van der Waals surface area (Å²) in [6.45, 7) is 1.92. The van der Waals surface area contributed by atoms with E-state index >= 15 is 0 Å². The molecule has 0 aliphatic carbocycles. The molecule has 0 saturated carbocycles. The summed E-state index contributed by atoms with van der Waals surface area (Å²) in [6, 6.07) is 24.3. The van der Waals surface area contributed by atoms with Crippen LogP contribution in [0.25, 0.3) is 5.52 Å². The molecule has 0 radical (unpaired) electrons. The Kier molecular flexibility index (Phi) is 5.30. The van der Waals surface area contributed by atoms with Gasteiger partial charge in [-0.05, 0) is 36.8 Å². The maximum Gasteiger partial charge on any atom is 0.294 e. The van der Waals surface area contributed by atoms with E-state index in [4.69, 9.17) is 0 Å². The minimum absolute atomic E-state index is 0.189. The van der Waals surface area contributed by atoms with Crippen molar-refractivity contribution in [3.63, 3.8) is 0 Å². The van der Waals surface area contributed by atoms with Crippen molar-refractivity contribution < 1.29 is 9.59 Å². The summed E-state index contributed by atoms with van der Waals surface area (Å²) in [5.74, 6) is -0.427. The molecule has 1 N–H and O–H groups in total. The van der Waals surface area contributed by atoms with E-state index < -0.39 is 0 Å². The van der Waals surface area contributed by atoms with Gasteiger partial charge in [-0.1, -0.05) is 54.6 Å². The van der Waals surface area contributed by atoms with Gasteiger partial charge in [-0.25, -0.2) is 4.98 Å². The van der Waals surface area contributed by atoms with Crippen LogP contribution in [-0.2, 0) is 0 Å². The van der Waals surface area contributed by atoms with Crippen LogP contribution in [0.3, 0.4) is 0 Å². The second kappa shape index (κ2) is 8.21. The molecule has 2 amide bonds. The molecule has 6 heteroatoms. The molecule has 4 rings (SSSR count). The number of fused-ring (bicyclic) bond motifs is 1. The minimum Gasteiger partial charge on any atom is -0.344 e. The fourth-order valence-electron chi connectivity index (χ4n) is 3.36. The smallest absolute Gasteiger partial charge is 0.294 e. The zero-order chi connectivity index (χ0) is 21.1. The first kappa shape index (κ1) is 19.4. The van der Waals surface area contributed by atoms with Crippen molar-refractivity contribution in [2.45, 2.75) is 13.0 Å². The van der Waals surface area contributed by atoms with Gasteiger partial charge in [0.2, 0.25) is 5.82 Å².